The van der Waals surface area contributed by atoms with Crippen LogP contribution in [-0.4, -0.2) is 145 Å². The number of ether oxygens (including phenoxy) is 3. The van der Waals surface area contributed by atoms with Crippen molar-refractivity contribution in [1.82, 2.24) is 45.8 Å². The van der Waals surface area contributed by atoms with Gasteiger partial charge in [-0.1, -0.05) is 58.0 Å². The van der Waals surface area contributed by atoms with Gasteiger partial charge in [0, 0.05) is 69.4 Å². The van der Waals surface area contributed by atoms with Crippen LogP contribution in [0.2, 0.25) is 0 Å². The minimum Gasteiger partial charge on any atom is -0.481 e. The van der Waals surface area contributed by atoms with Gasteiger partial charge in [-0.3, -0.25) is 24.0 Å². The van der Waals surface area contributed by atoms with E-state index in [1.165, 1.54) is 12.1 Å². The second-order valence-corrected chi connectivity index (χ2v) is 21.1. The summed E-state index contributed by atoms with van der Waals surface area (Å²) in [5.41, 5.74) is 10.5. The van der Waals surface area contributed by atoms with Crippen LogP contribution in [0.5, 0.6) is 5.88 Å². The highest BCUT2D eigenvalue weighted by Gasteiger charge is 2.45. The molecule has 5 heterocycles. The maximum absolute atomic E-state index is 14.8. The summed E-state index contributed by atoms with van der Waals surface area (Å²) in [5.74, 6) is -0.699. The molecule has 0 spiro atoms. The molecule has 2 saturated heterocycles. The number of likely N-dealkylation sites (tertiary alicyclic amines) is 1. The molecule has 6 N–H and O–H groups in total. The van der Waals surface area contributed by atoms with Gasteiger partial charge in [-0.2, -0.15) is 5.10 Å². The molecule has 4 aromatic rings. The first kappa shape index (κ1) is 57.2. The molecule has 3 aliphatic rings. The van der Waals surface area contributed by atoms with Crippen molar-refractivity contribution in [3.8, 4) is 17.0 Å². The minimum absolute atomic E-state index is 0.0353. The zero-order valence-electron chi connectivity index (χ0n) is 45.5. The number of benzene rings is 2. The van der Waals surface area contributed by atoms with E-state index in [0.717, 1.165) is 18.4 Å². The number of aromatic nitrogens is 3. The number of nitrogen functional groups attached to an aromatic ring is 1. The second-order valence-electron chi connectivity index (χ2n) is 21.1. The molecule has 0 aliphatic carbocycles. The van der Waals surface area contributed by atoms with Crippen LogP contribution in [0.4, 0.5) is 15.9 Å². The molecular formula is C56H78FN11O8. The number of nitrogens with one attached hydrogen (secondary N) is 4. The lowest BCUT2D eigenvalue weighted by Crippen LogP contribution is -2.59. The summed E-state index contributed by atoms with van der Waals surface area (Å²) >= 11 is 0. The zero-order chi connectivity index (χ0) is 54.7. The van der Waals surface area contributed by atoms with Crippen LogP contribution in [0.15, 0.2) is 60.8 Å². The number of nitrogens with zero attached hydrogens (tertiary/aromatic N) is 6. The number of aryl methyl sites for hydroxylation is 1. The van der Waals surface area contributed by atoms with Crippen LogP contribution in [0, 0.1) is 11.2 Å². The topological polar surface area (TPSA) is 228 Å². The van der Waals surface area contributed by atoms with Crippen LogP contribution >= 0.6 is 0 Å². The molecule has 76 heavy (non-hydrogen) atoms. The van der Waals surface area contributed by atoms with Gasteiger partial charge in [0.25, 0.3) is 5.91 Å². The zero-order valence-corrected chi connectivity index (χ0v) is 45.5. The number of fused-ring (bicyclic) bond motifs is 8. The number of Topliss-reactive ketones (excluding diaryl/α,β-unsaturated/α-hetero) is 1. The highest BCUT2D eigenvalue weighted by atomic mass is 19.1. The van der Waals surface area contributed by atoms with Gasteiger partial charge in [0.05, 0.1) is 75.2 Å². The molecule has 2 aromatic heterocycles. The van der Waals surface area contributed by atoms with Crippen LogP contribution < -0.4 is 36.6 Å². The Morgan fingerprint density at radius 2 is 1.74 bits per heavy atom. The molecule has 6 atom stereocenters. The van der Waals surface area contributed by atoms with Gasteiger partial charge >= 0.3 is 0 Å². The van der Waals surface area contributed by atoms with Gasteiger partial charge in [-0.25, -0.2) is 14.1 Å². The summed E-state index contributed by atoms with van der Waals surface area (Å²) in [7, 11) is 4.95. The highest BCUT2D eigenvalue weighted by molar-refractivity contribution is 5.96. The lowest BCUT2D eigenvalue weighted by atomic mass is 9.85. The Labute approximate surface area is 446 Å². The first-order valence-electron chi connectivity index (χ1n) is 26.7. The number of likely N-dealkylation sites (N-methyl/N-ethyl adjacent to an activating group) is 1. The van der Waals surface area contributed by atoms with Crippen molar-refractivity contribution >= 4 is 40.9 Å². The number of carbonyl (C=O) groups is 5. The summed E-state index contributed by atoms with van der Waals surface area (Å²) in [5, 5.41) is 17.5. The lowest BCUT2D eigenvalue weighted by molar-refractivity contribution is -0.144. The van der Waals surface area contributed by atoms with Crippen LogP contribution in [-0.2, 0) is 41.7 Å². The van der Waals surface area contributed by atoms with Gasteiger partial charge in [0.15, 0.2) is 0 Å². The molecule has 2 fully saturated rings. The number of rotatable bonds is 23. The number of nitrogens with two attached hydrogens (primary N) is 1. The second kappa shape index (κ2) is 26.0. The smallest absolute Gasteiger partial charge is 0.254 e. The summed E-state index contributed by atoms with van der Waals surface area (Å²) in [6, 6.07) is 13.2. The molecular weight excluding hydrogens is 974 g/mol. The van der Waals surface area contributed by atoms with Gasteiger partial charge < -0.3 is 55.9 Å². The number of hydrogen-bond acceptors (Lipinski definition) is 14. The molecule has 4 amide bonds. The van der Waals surface area contributed by atoms with Crippen molar-refractivity contribution in [2.24, 2.45) is 5.41 Å². The SMILES string of the molecule is CC[C@H](NC(=O)[C@H]1C[C@@H](NCCOCCOCCC(=O)CCCn2nc3c(c2OC)-c2cnc(N)c(c2)N2CCC[C@@H]2c2cc(F)ccc2C(=O)N(C)C3)CN1C(=O)[C@H](NC(=O)[C@@H](C)NC)C(C)(C)C)c1ccccc1. The molecule has 412 valence electrons. The third kappa shape index (κ3) is 13.7. The summed E-state index contributed by atoms with van der Waals surface area (Å²) in [4.78, 5) is 78.5. The lowest BCUT2D eigenvalue weighted by Gasteiger charge is -2.36. The number of carbonyl (C=O) groups excluding carboxylic acids is 5. The van der Waals surface area contributed by atoms with Crippen molar-refractivity contribution in [1.29, 1.82) is 0 Å². The van der Waals surface area contributed by atoms with E-state index in [4.69, 9.17) is 25.0 Å². The maximum atomic E-state index is 14.8. The molecule has 2 bridgehead atoms. The van der Waals surface area contributed by atoms with Crippen LogP contribution in [0.25, 0.3) is 11.1 Å². The third-order valence-corrected chi connectivity index (χ3v) is 14.7. The largest absolute Gasteiger partial charge is 0.481 e. The van der Waals surface area contributed by atoms with Crippen molar-refractivity contribution in [3.63, 3.8) is 0 Å². The minimum atomic E-state index is -0.864. The van der Waals surface area contributed by atoms with E-state index in [9.17, 15) is 28.4 Å². The van der Waals surface area contributed by atoms with E-state index in [2.05, 4.69) is 31.2 Å². The average Bonchev–Trinajstić information content (AvgIpc) is 4.16. The van der Waals surface area contributed by atoms with Gasteiger partial charge in [0.2, 0.25) is 23.6 Å². The summed E-state index contributed by atoms with van der Waals surface area (Å²) < 4.78 is 34.1. The maximum Gasteiger partial charge on any atom is 0.254 e. The molecule has 3 aliphatic heterocycles. The predicted octanol–water partition coefficient (Wildman–Crippen LogP) is 5.34. The Morgan fingerprint density at radius 3 is 2.45 bits per heavy atom. The highest BCUT2D eigenvalue weighted by Crippen LogP contribution is 2.44. The van der Waals surface area contributed by atoms with Crippen molar-refractivity contribution in [2.75, 3.05) is 77.9 Å². The van der Waals surface area contributed by atoms with E-state index < -0.39 is 29.4 Å². The van der Waals surface area contributed by atoms with E-state index in [1.54, 1.807) is 54.9 Å². The van der Waals surface area contributed by atoms with E-state index in [0.29, 0.717) is 104 Å². The first-order chi connectivity index (χ1) is 36.4. The number of methoxy groups -OCH3 is 1. The van der Waals surface area contributed by atoms with Crippen molar-refractivity contribution in [2.45, 2.75) is 129 Å². The average molecular weight is 1050 g/mol. The van der Waals surface area contributed by atoms with E-state index in [-0.39, 0.29) is 80.1 Å². The van der Waals surface area contributed by atoms with Crippen molar-refractivity contribution in [3.05, 3.63) is 89.0 Å². The number of ketones is 1. The molecule has 0 unspecified atom stereocenters. The van der Waals surface area contributed by atoms with Gasteiger partial charge in [0.1, 0.15) is 29.5 Å². The fourth-order valence-corrected chi connectivity index (χ4v) is 10.4. The Bertz CT molecular complexity index is 2660. The predicted molar refractivity (Wildman–Crippen MR) is 288 cm³/mol. The monoisotopic (exact) mass is 1050 g/mol. The van der Waals surface area contributed by atoms with Crippen molar-refractivity contribution < 1.29 is 42.6 Å². The van der Waals surface area contributed by atoms with Crippen LogP contribution in [0.1, 0.15) is 119 Å². The molecule has 19 nitrogen and oxygen atoms in total. The Morgan fingerprint density at radius 1 is 0.987 bits per heavy atom. The Balaban J connectivity index is 0.881. The summed E-state index contributed by atoms with van der Waals surface area (Å²) in [6.45, 7) is 12.5. The Hall–Kier alpha value is -6.48. The number of halogens is 1. The third-order valence-electron chi connectivity index (χ3n) is 14.7. The van der Waals surface area contributed by atoms with E-state index in [1.807, 2.05) is 64.1 Å². The number of hydrogen-bond donors (Lipinski definition) is 5. The molecule has 20 heteroatoms. The quantitative estimate of drug-likeness (QED) is 0.0592. The summed E-state index contributed by atoms with van der Waals surface area (Å²) in [6.07, 6.45) is 5.28. The molecule has 2 aromatic carbocycles. The van der Waals surface area contributed by atoms with Gasteiger partial charge in [-0.15, -0.1) is 0 Å². The molecule has 0 radical (unpaired) electrons. The fourth-order valence-electron chi connectivity index (χ4n) is 10.4. The van der Waals surface area contributed by atoms with E-state index >= 15 is 0 Å². The Kier molecular flexibility index (Phi) is 19.6. The normalized spacial score (nSPS) is 18.7. The number of amides is 4. The number of anilines is 2. The fraction of sp³-hybridized carbons (Fsp3) is 0.554. The standard InChI is InChI=1S/C56H78FN11O8/c1-9-43(36-15-11-10-12-16-36)62-52(71)47-31-39(33-67(47)54(73)49(56(3,4)5)63-51(70)35(2)59-6)60-22-26-76-28-27-75-25-21-40(69)17-13-24-68-55(74-8)48-37-29-46(50(58)61-32-37)66-23-14-18-45(66)42-30-38(57)19-20-41(42)53(72)65(7)34-44(48)64-68/h10-12,15-16,19-20,29-30,32,35,39,43,45,47,49,59-60H,9,13-14,17-18,21-28,31,33-34H2,1-8H3,(H2,58,61)(H,62,71)(H,63,70)/t35-,39-,43+,45-,47-,49+/m1/s1. The molecule has 0 saturated carbocycles. The number of pyridine rings is 1. The molecule has 7 rings (SSSR count). The van der Waals surface area contributed by atoms with Crippen LogP contribution in [0.3, 0.4) is 0 Å². The van der Waals surface area contributed by atoms with Gasteiger partial charge in [-0.05, 0) is 86.9 Å². The first-order valence-corrected chi connectivity index (χ1v) is 26.7.